The summed E-state index contributed by atoms with van der Waals surface area (Å²) >= 11 is 5.29. The average Bonchev–Trinajstić information content (AvgIpc) is 2.49. The highest BCUT2D eigenvalue weighted by Gasteiger charge is 2.06. The van der Waals surface area contributed by atoms with Crippen molar-refractivity contribution >= 4 is 23.0 Å². The molecular weight excluding hydrogens is 309 g/mol. The zero-order valence-electron chi connectivity index (χ0n) is 13.7. The van der Waals surface area contributed by atoms with Gasteiger partial charge in [0.25, 0.3) is 0 Å². The third-order valence-electron chi connectivity index (χ3n) is 3.53. The van der Waals surface area contributed by atoms with E-state index in [1.807, 2.05) is 18.2 Å². The lowest BCUT2D eigenvalue weighted by Crippen LogP contribution is -3.04. The summed E-state index contributed by atoms with van der Waals surface area (Å²) in [5.74, 6) is -0.239. The van der Waals surface area contributed by atoms with Crippen molar-refractivity contribution in [2.75, 3.05) is 19.4 Å². The van der Waals surface area contributed by atoms with Crippen molar-refractivity contribution in [1.82, 2.24) is 5.32 Å². The molecule has 0 aliphatic carbocycles. The van der Waals surface area contributed by atoms with E-state index >= 15 is 0 Å². The van der Waals surface area contributed by atoms with Crippen molar-refractivity contribution in [1.29, 1.82) is 0 Å². The molecule has 0 heterocycles. The summed E-state index contributed by atoms with van der Waals surface area (Å²) in [5, 5.41) is 6.69. The molecule has 0 amide bonds. The SMILES string of the molecule is Cc1ccc(NC(=S)NCc2ccccc2C[NH+](C)C)cc1F. The Hall–Kier alpha value is -1.98. The zero-order chi connectivity index (χ0) is 16.8. The maximum Gasteiger partial charge on any atom is 0.171 e. The molecule has 0 spiro atoms. The van der Waals surface area contributed by atoms with E-state index in [1.165, 1.54) is 22.1 Å². The second-order valence-corrected chi connectivity index (χ2v) is 6.33. The standard InChI is InChI=1S/C18H22FN3S/c1-13-8-9-16(10-17(13)19)21-18(23)20-11-14-6-4-5-7-15(14)12-22(2)3/h4-10H,11-12H2,1-3H3,(H2,20,21,23)/p+1. The predicted octanol–water partition coefficient (Wildman–Crippen LogP) is 2.27. The number of anilines is 1. The smallest absolute Gasteiger partial charge is 0.171 e. The average molecular weight is 332 g/mol. The van der Waals surface area contributed by atoms with E-state index in [1.54, 1.807) is 13.0 Å². The minimum absolute atomic E-state index is 0.239. The van der Waals surface area contributed by atoms with Crippen LogP contribution in [0.2, 0.25) is 0 Å². The Bertz CT molecular complexity index is 686. The summed E-state index contributed by atoms with van der Waals surface area (Å²) in [7, 11) is 4.25. The Kier molecular flexibility index (Phi) is 6.07. The largest absolute Gasteiger partial charge is 0.358 e. The third kappa shape index (κ3) is 5.30. The molecule has 3 nitrogen and oxygen atoms in total. The molecule has 0 atom stereocenters. The quantitative estimate of drug-likeness (QED) is 0.734. The molecule has 2 aromatic carbocycles. The summed E-state index contributed by atoms with van der Waals surface area (Å²) in [6.07, 6.45) is 0. The molecule has 0 aliphatic rings. The molecule has 0 aromatic heterocycles. The van der Waals surface area contributed by atoms with E-state index in [9.17, 15) is 4.39 Å². The lowest BCUT2D eigenvalue weighted by Gasteiger charge is -2.15. The number of halogens is 1. The van der Waals surface area contributed by atoms with Gasteiger partial charge >= 0.3 is 0 Å². The van der Waals surface area contributed by atoms with Crippen LogP contribution in [0.3, 0.4) is 0 Å². The molecule has 0 fully saturated rings. The van der Waals surface area contributed by atoms with Gasteiger partial charge in [-0.15, -0.1) is 0 Å². The van der Waals surface area contributed by atoms with Crippen LogP contribution < -0.4 is 15.5 Å². The number of aryl methyl sites for hydroxylation is 1. The number of hydrogen-bond donors (Lipinski definition) is 3. The van der Waals surface area contributed by atoms with Crippen molar-refractivity contribution < 1.29 is 9.29 Å². The lowest BCUT2D eigenvalue weighted by atomic mass is 10.1. The Morgan fingerprint density at radius 2 is 1.83 bits per heavy atom. The van der Waals surface area contributed by atoms with E-state index in [0.29, 0.717) is 22.9 Å². The highest BCUT2D eigenvalue weighted by Crippen LogP contribution is 2.13. The van der Waals surface area contributed by atoms with E-state index in [0.717, 1.165) is 6.54 Å². The fourth-order valence-corrected chi connectivity index (χ4v) is 2.49. The molecule has 0 aliphatic heterocycles. The molecule has 3 N–H and O–H groups in total. The highest BCUT2D eigenvalue weighted by molar-refractivity contribution is 7.80. The van der Waals surface area contributed by atoms with E-state index in [2.05, 4.69) is 36.9 Å². The highest BCUT2D eigenvalue weighted by atomic mass is 32.1. The maximum atomic E-state index is 13.5. The van der Waals surface area contributed by atoms with Crippen LogP contribution in [-0.4, -0.2) is 19.2 Å². The summed E-state index contributed by atoms with van der Waals surface area (Å²) in [5.41, 5.74) is 3.78. The molecule has 5 heteroatoms. The van der Waals surface area contributed by atoms with Gasteiger partial charge < -0.3 is 15.5 Å². The van der Waals surface area contributed by atoms with Gasteiger partial charge in [0.05, 0.1) is 14.1 Å². The van der Waals surface area contributed by atoms with Gasteiger partial charge in [-0.25, -0.2) is 4.39 Å². The van der Waals surface area contributed by atoms with Crippen molar-refractivity contribution in [3.8, 4) is 0 Å². The normalized spacial score (nSPS) is 10.7. The Morgan fingerprint density at radius 3 is 2.48 bits per heavy atom. The minimum atomic E-state index is -0.239. The Labute approximate surface area is 142 Å². The number of nitrogens with one attached hydrogen (secondary N) is 3. The molecule has 2 aromatic rings. The van der Waals surface area contributed by atoms with E-state index in [4.69, 9.17) is 12.2 Å². The lowest BCUT2D eigenvalue weighted by molar-refractivity contribution is -0.872. The van der Waals surface area contributed by atoms with Crippen LogP contribution in [0.25, 0.3) is 0 Å². The molecule has 2 rings (SSSR count). The number of hydrogen-bond acceptors (Lipinski definition) is 1. The van der Waals surface area contributed by atoms with Gasteiger partial charge in [0.2, 0.25) is 0 Å². The van der Waals surface area contributed by atoms with Crippen LogP contribution in [0.4, 0.5) is 10.1 Å². The van der Waals surface area contributed by atoms with Crippen LogP contribution in [0.15, 0.2) is 42.5 Å². The Balaban J connectivity index is 1.95. The minimum Gasteiger partial charge on any atom is -0.358 e. The topological polar surface area (TPSA) is 28.5 Å². The van der Waals surface area contributed by atoms with Gasteiger partial charge in [0.15, 0.2) is 5.11 Å². The van der Waals surface area contributed by atoms with Crippen molar-refractivity contribution in [3.63, 3.8) is 0 Å². The first-order valence-electron chi connectivity index (χ1n) is 7.62. The molecule has 0 unspecified atom stereocenters. The van der Waals surface area contributed by atoms with Gasteiger partial charge in [-0.05, 0) is 42.4 Å². The molecule has 0 saturated heterocycles. The fraction of sp³-hybridized carbons (Fsp3) is 0.278. The predicted molar refractivity (Wildman–Crippen MR) is 97.2 cm³/mol. The van der Waals surface area contributed by atoms with Crippen LogP contribution in [0, 0.1) is 12.7 Å². The first-order chi connectivity index (χ1) is 11.0. The van der Waals surface area contributed by atoms with Gasteiger partial charge in [-0.1, -0.05) is 30.3 Å². The molecule has 0 bridgehead atoms. The van der Waals surface area contributed by atoms with Gasteiger partial charge in [0.1, 0.15) is 12.4 Å². The first-order valence-corrected chi connectivity index (χ1v) is 8.03. The second-order valence-electron chi connectivity index (χ2n) is 5.92. The first kappa shape index (κ1) is 17.4. The summed E-state index contributed by atoms with van der Waals surface area (Å²) < 4.78 is 13.5. The number of rotatable bonds is 5. The maximum absolute atomic E-state index is 13.5. The van der Waals surface area contributed by atoms with Gasteiger partial charge in [0, 0.05) is 17.8 Å². The van der Waals surface area contributed by atoms with Gasteiger partial charge in [-0.2, -0.15) is 0 Å². The summed E-state index contributed by atoms with van der Waals surface area (Å²) in [6.45, 7) is 3.34. The Morgan fingerprint density at radius 1 is 1.13 bits per heavy atom. The molecule has 0 radical (unpaired) electrons. The number of benzene rings is 2. The summed E-state index contributed by atoms with van der Waals surface area (Å²) in [4.78, 5) is 1.37. The molecule has 122 valence electrons. The second kappa shape index (κ2) is 8.04. The van der Waals surface area contributed by atoms with Crippen LogP contribution >= 0.6 is 12.2 Å². The summed E-state index contributed by atoms with van der Waals surface area (Å²) in [6, 6.07) is 13.3. The fourth-order valence-electron chi connectivity index (χ4n) is 2.30. The number of thiocarbonyl (C=S) groups is 1. The van der Waals surface area contributed by atoms with Crippen molar-refractivity contribution in [2.45, 2.75) is 20.0 Å². The van der Waals surface area contributed by atoms with Crippen molar-refractivity contribution in [2.24, 2.45) is 0 Å². The molecule has 0 saturated carbocycles. The molecular formula is C18H23FN3S+. The van der Waals surface area contributed by atoms with Crippen LogP contribution in [0.5, 0.6) is 0 Å². The third-order valence-corrected chi connectivity index (χ3v) is 3.78. The number of quaternary nitrogens is 1. The zero-order valence-corrected chi connectivity index (χ0v) is 14.6. The van der Waals surface area contributed by atoms with E-state index < -0.39 is 0 Å². The van der Waals surface area contributed by atoms with Crippen LogP contribution in [0.1, 0.15) is 16.7 Å². The van der Waals surface area contributed by atoms with Gasteiger partial charge in [-0.3, -0.25) is 0 Å². The van der Waals surface area contributed by atoms with E-state index in [-0.39, 0.29) is 5.82 Å². The molecule has 23 heavy (non-hydrogen) atoms. The van der Waals surface area contributed by atoms with Crippen LogP contribution in [-0.2, 0) is 13.1 Å². The van der Waals surface area contributed by atoms with Crippen molar-refractivity contribution in [3.05, 3.63) is 65.0 Å². The monoisotopic (exact) mass is 332 g/mol.